The molecule has 24 heavy (non-hydrogen) atoms. The molecule has 5 nitrogen and oxygen atoms in total. The lowest BCUT2D eigenvalue weighted by Crippen LogP contribution is -2.39. The van der Waals surface area contributed by atoms with Crippen LogP contribution in [0.3, 0.4) is 0 Å². The molecule has 0 aliphatic carbocycles. The summed E-state index contributed by atoms with van der Waals surface area (Å²) < 4.78 is 1.83. The highest BCUT2D eigenvalue weighted by molar-refractivity contribution is 5.78. The van der Waals surface area contributed by atoms with Gasteiger partial charge in [-0.2, -0.15) is 5.10 Å². The van der Waals surface area contributed by atoms with Crippen LogP contribution in [0, 0.1) is 0 Å². The Balaban J connectivity index is 1.65. The summed E-state index contributed by atoms with van der Waals surface area (Å²) >= 11 is 0. The van der Waals surface area contributed by atoms with E-state index in [0.717, 1.165) is 19.4 Å². The average molecular weight is 326 g/mol. The minimum atomic E-state index is 0.0816. The van der Waals surface area contributed by atoms with E-state index < -0.39 is 0 Å². The van der Waals surface area contributed by atoms with Crippen LogP contribution in [0.2, 0.25) is 0 Å². The molecule has 2 heterocycles. The van der Waals surface area contributed by atoms with Crippen molar-refractivity contribution in [2.45, 2.75) is 31.8 Å². The van der Waals surface area contributed by atoms with E-state index in [-0.39, 0.29) is 11.9 Å². The van der Waals surface area contributed by atoms with Gasteiger partial charge in [-0.25, -0.2) is 0 Å². The number of benzene rings is 1. The topological polar surface area (TPSA) is 41.4 Å². The molecule has 2 aromatic rings. The highest BCUT2D eigenvalue weighted by atomic mass is 16.2. The second-order valence-electron chi connectivity index (χ2n) is 6.67. The van der Waals surface area contributed by atoms with Gasteiger partial charge in [0.05, 0.1) is 18.8 Å². The Morgan fingerprint density at radius 2 is 2.12 bits per heavy atom. The number of nitrogens with zero attached hydrogens (tertiary/aromatic N) is 4. The van der Waals surface area contributed by atoms with E-state index in [1.54, 1.807) is 0 Å². The predicted octanol–water partition coefficient (Wildman–Crippen LogP) is 2.78. The van der Waals surface area contributed by atoms with Gasteiger partial charge in [-0.1, -0.05) is 30.3 Å². The van der Waals surface area contributed by atoms with Gasteiger partial charge >= 0.3 is 0 Å². The summed E-state index contributed by atoms with van der Waals surface area (Å²) in [5, 5.41) is 4.27. The zero-order valence-electron chi connectivity index (χ0n) is 14.7. The standard InChI is InChI=1S/C19H26N4O/c1-15(16-8-5-4-6-9-16)22(3)19(24)14-23-11-7-10-18(23)17-12-20-21(2)13-17/h4-6,8-9,12-13,15,18H,7,10-11,14H2,1-3H3/t15-,18-/m1/s1. The lowest BCUT2D eigenvalue weighted by molar-refractivity contribution is -0.133. The van der Waals surface area contributed by atoms with E-state index in [4.69, 9.17) is 0 Å². The van der Waals surface area contributed by atoms with Crippen LogP contribution >= 0.6 is 0 Å². The smallest absolute Gasteiger partial charge is 0.237 e. The lowest BCUT2D eigenvalue weighted by Gasteiger charge is -2.29. The Morgan fingerprint density at radius 3 is 2.79 bits per heavy atom. The molecule has 0 N–H and O–H groups in total. The molecule has 0 spiro atoms. The van der Waals surface area contributed by atoms with Crippen molar-refractivity contribution in [3.8, 4) is 0 Å². The second-order valence-corrected chi connectivity index (χ2v) is 6.67. The van der Waals surface area contributed by atoms with Crippen molar-refractivity contribution in [2.24, 2.45) is 7.05 Å². The second kappa shape index (κ2) is 7.18. The monoisotopic (exact) mass is 326 g/mol. The molecular weight excluding hydrogens is 300 g/mol. The van der Waals surface area contributed by atoms with Gasteiger partial charge in [0, 0.05) is 31.9 Å². The highest BCUT2D eigenvalue weighted by Crippen LogP contribution is 2.31. The van der Waals surface area contributed by atoms with Crippen molar-refractivity contribution in [3.63, 3.8) is 0 Å². The van der Waals surface area contributed by atoms with Crippen LogP contribution in [-0.2, 0) is 11.8 Å². The van der Waals surface area contributed by atoms with Crippen LogP contribution in [0.5, 0.6) is 0 Å². The number of aryl methyl sites for hydroxylation is 1. The first-order chi connectivity index (χ1) is 11.6. The molecule has 0 saturated carbocycles. The summed E-state index contributed by atoms with van der Waals surface area (Å²) in [4.78, 5) is 16.9. The zero-order valence-corrected chi connectivity index (χ0v) is 14.7. The van der Waals surface area contributed by atoms with Crippen LogP contribution in [0.25, 0.3) is 0 Å². The number of likely N-dealkylation sites (tertiary alicyclic amines) is 1. The Kier molecular flexibility index (Phi) is 5.00. The van der Waals surface area contributed by atoms with Crippen molar-refractivity contribution >= 4 is 5.91 Å². The molecule has 1 saturated heterocycles. The third-order valence-electron chi connectivity index (χ3n) is 5.07. The lowest BCUT2D eigenvalue weighted by atomic mass is 10.1. The molecule has 3 rings (SSSR count). The van der Waals surface area contributed by atoms with Crippen LogP contribution in [0.15, 0.2) is 42.7 Å². The first-order valence-corrected chi connectivity index (χ1v) is 8.59. The number of rotatable bonds is 5. The number of likely N-dealkylation sites (N-methyl/N-ethyl adjacent to an activating group) is 1. The van der Waals surface area contributed by atoms with Crippen molar-refractivity contribution in [1.29, 1.82) is 0 Å². The number of carbonyl (C=O) groups is 1. The minimum Gasteiger partial charge on any atom is -0.338 e. The molecule has 0 unspecified atom stereocenters. The number of aromatic nitrogens is 2. The maximum atomic E-state index is 12.8. The molecule has 0 radical (unpaired) electrons. The van der Waals surface area contributed by atoms with E-state index in [1.807, 2.05) is 48.1 Å². The van der Waals surface area contributed by atoms with Gasteiger partial charge in [0.1, 0.15) is 0 Å². The van der Waals surface area contributed by atoms with Crippen molar-refractivity contribution in [1.82, 2.24) is 19.6 Å². The summed E-state index contributed by atoms with van der Waals surface area (Å²) in [7, 11) is 3.83. The van der Waals surface area contributed by atoms with Gasteiger partial charge < -0.3 is 4.90 Å². The Morgan fingerprint density at radius 1 is 1.38 bits per heavy atom. The molecule has 128 valence electrons. The van der Waals surface area contributed by atoms with Crippen molar-refractivity contribution in [2.75, 3.05) is 20.1 Å². The van der Waals surface area contributed by atoms with Crippen molar-refractivity contribution < 1.29 is 4.79 Å². The maximum Gasteiger partial charge on any atom is 0.237 e. The fraction of sp³-hybridized carbons (Fsp3) is 0.474. The van der Waals surface area contributed by atoms with E-state index in [1.165, 1.54) is 11.1 Å². The first-order valence-electron chi connectivity index (χ1n) is 8.59. The number of hydrogen-bond donors (Lipinski definition) is 0. The Hall–Kier alpha value is -2.14. The van der Waals surface area contributed by atoms with Gasteiger partial charge in [0.25, 0.3) is 0 Å². The fourth-order valence-corrected chi connectivity index (χ4v) is 3.46. The maximum absolute atomic E-state index is 12.8. The molecule has 1 aromatic heterocycles. The van der Waals surface area contributed by atoms with Gasteiger partial charge in [0.2, 0.25) is 5.91 Å². The average Bonchev–Trinajstić information content (AvgIpc) is 3.22. The summed E-state index contributed by atoms with van der Waals surface area (Å²) in [5.41, 5.74) is 2.38. The summed E-state index contributed by atoms with van der Waals surface area (Å²) in [6, 6.07) is 10.6. The van der Waals surface area contributed by atoms with Crippen LogP contribution in [-0.4, -0.2) is 45.6 Å². The summed E-state index contributed by atoms with van der Waals surface area (Å²) in [6.45, 7) is 3.52. The van der Waals surface area contributed by atoms with E-state index in [0.29, 0.717) is 12.6 Å². The van der Waals surface area contributed by atoms with Crippen molar-refractivity contribution in [3.05, 3.63) is 53.9 Å². The van der Waals surface area contributed by atoms with Crippen LogP contribution in [0.1, 0.15) is 43.0 Å². The molecule has 2 atom stereocenters. The number of amides is 1. The molecule has 1 aliphatic heterocycles. The third kappa shape index (κ3) is 3.51. The van der Waals surface area contributed by atoms with E-state index in [9.17, 15) is 4.79 Å². The van der Waals surface area contributed by atoms with E-state index in [2.05, 4.69) is 35.3 Å². The molecule has 1 aliphatic rings. The molecule has 1 fully saturated rings. The first kappa shape index (κ1) is 16.7. The summed E-state index contributed by atoms with van der Waals surface area (Å²) in [6.07, 6.45) is 6.20. The van der Waals surface area contributed by atoms with Gasteiger partial charge in [0.15, 0.2) is 0 Å². The largest absolute Gasteiger partial charge is 0.338 e. The molecule has 5 heteroatoms. The Bertz CT molecular complexity index is 682. The fourth-order valence-electron chi connectivity index (χ4n) is 3.46. The van der Waals surface area contributed by atoms with Crippen LogP contribution < -0.4 is 0 Å². The van der Waals surface area contributed by atoms with Crippen LogP contribution in [0.4, 0.5) is 0 Å². The SMILES string of the molecule is C[C@H](c1ccccc1)N(C)C(=O)CN1CCC[C@@H]1c1cnn(C)c1. The normalized spacial score (nSPS) is 19.4. The molecular formula is C19H26N4O. The Labute approximate surface area is 143 Å². The minimum absolute atomic E-state index is 0.0816. The summed E-state index contributed by atoms with van der Waals surface area (Å²) in [5.74, 6) is 0.169. The van der Waals surface area contributed by atoms with E-state index >= 15 is 0 Å². The molecule has 0 bridgehead atoms. The molecule has 1 amide bonds. The predicted molar refractivity (Wildman–Crippen MR) is 94.4 cm³/mol. The quantitative estimate of drug-likeness (QED) is 0.848. The number of hydrogen-bond acceptors (Lipinski definition) is 3. The highest BCUT2D eigenvalue weighted by Gasteiger charge is 2.30. The van der Waals surface area contributed by atoms with Gasteiger partial charge in [-0.15, -0.1) is 0 Å². The number of carbonyl (C=O) groups excluding carboxylic acids is 1. The van der Waals surface area contributed by atoms with Gasteiger partial charge in [-0.3, -0.25) is 14.4 Å². The molecule has 1 aromatic carbocycles. The zero-order chi connectivity index (χ0) is 17.1. The third-order valence-corrected chi connectivity index (χ3v) is 5.07. The van der Waals surface area contributed by atoms with Gasteiger partial charge in [-0.05, 0) is 31.9 Å².